The quantitative estimate of drug-likeness (QED) is 0.748. The van der Waals surface area contributed by atoms with Crippen LogP contribution in [-0.2, 0) is 14.3 Å². The Morgan fingerprint density at radius 2 is 1.80 bits per heavy atom. The van der Waals surface area contributed by atoms with E-state index in [1.165, 1.54) is 11.8 Å². The van der Waals surface area contributed by atoms with Crippen molar-refractivity contribution in [2.45, 2.75) is 39.9 Å². The molecule has 88 valence electrons. The van der Waals surface area contributed by atoms with Gasteiger partial charge in [-0.2, -0.15) is 0 Å². The third-order valence-corrected chi connectivity index (χ3v) is 3.77. The second-order valence-corrected chi connectivity index (χ2v) is 5.74. The molecule has 0 aromatic carbocycles. The van der Waals surface area contributed by atoms with E-state index in [2.05, 4.69) is 6.92 Å². The molecule has 0 aliphatic carbocycles. The van der Waals surface area contributed by atoms with Gasteiger partial charge in [-0.05, 0) is 27.2 Å². The molecule has 3 nitrogen and oxygen atoms in total. The van der Waals surface area contributed by atoms with E-state index in [4.69, 9.17) is 9.47 Å². The molecule has 0 N–H and O–H groups in total. The molecule has 1 fully saturated rings. The number of carbonyl (C=O) groups excluding carboxylic acids is 1. The lowest BCUT2D eigenvalue weighted by Gasteiger charge is -2.40. The number of thioether (sulfide) groups is 1. The fourth-order valence-corrected chi connectivity index (χ4v) is 2.09. The average Bonchev–Trinajstić information content (AvgIpc) is 2.19. The van der Waals surface area contributed by atoms with Gasteiger partial charge in [0.05, 0.1) is 18.6 Å². The third kappa shape index (κ3) is 3.47. The summed E-state index contributed by atoms with van der Waals surface area (Å²) in [6.07, 6.45) is 1.01. The summed E-state index contributed by atoms with van der Waals surface area (Å²) in [4.78, 5) is 11.9. The highest BCUT2D eigenvalue weighted by atomic mass is 32.2. The molecule has 0 saturated carbocycles. The van der Waals surface area contributed by atoms with Crippen LogP contribution < -0.4 is 0 Å². The molecule has 1 saturated heterocycles. The fourth-order valence-electron chi connectivity index (χ4n) is 1.24. The van der Waals surface area contributed by atoms with E-state index in [0.717, 1.165) is 12.2 Å². The molecule has 1 aliphatic rings. The van der Waals surface area contributed by atoms with Crippen LogP contribution in [0.2, 0.25) is 0 Å². The predicted molar refractivity (Wildman–Crippen MR) is 61.8 cm³/mol. The maximum absolute atomic E-state index is 11.9. The van der Waals surface area contributed by atoms with Crippen molar-refractivity contribution in [1.29, 1.82) is 0 Å². The number of carbonyl (C=O) groups is 1. The molecule has 1 rings (SSSR count). The maximum atomic E-state index is 11.9. The first-order valence-electron chi connectivity index (χ1n) is 5.35. The summed E-state index contributed by atoms with van der Waals surface area (Å²) in [5.74, 6) is 0.326. The average molecular weight is 232 g/mol. The molecule has 0 radical (unpaired) electrons. The smallest absolute Gasteiger partial charge is 0.199 e. The normalized spacial score (nSPS) is 23.7. The van der Waals surface area contributed by atoms with Crippen molar-refractivity contribution < 1.29 is 14.3 Å². The van der Waals surface area contributed by atoms with Gasteiger partial charge in [-0.15, -0.1) is 0 Å². The van der Waals surface area contributed by atoms with Gasteiger partial charge in [-0.25, -0.2) is 0 Å². The second-order valence-electron chi connectivity index (χ2n) is 4.67. The Balaban J connectivity index is 2.50. The number of hydrogen-bond donors (Lipinski definition) is 0. The van der Waals surface area contributed by atoms with Crippen molar-refractivity contribution in [3.05, 3.63) is 0 Å². The summed E-state index contributed by atoms with van der Waals surface area (Å²) in [7, 11) is 0. The van der Waals surface area contributed by atoms with Gasteiger partial charge in [0.2, 0.25) is 0 Å². The number of ether oxygens (including phenoxy) is 2. The molecule has 1 heterocycles. The Hall–Kier alpha value is -0.0600. The molecular weight excluding hydrogens is 212 g/mol. The Morgan fingerprint density at radius 1 is 1.27 bits per heavy atom. The highest BCUT2D eigenvalue weighted by Crippen LogP contribution is 2.33. The molecule has 0 amide bonds. The predicted octanol–water partition coefficient (Wildman–Crippen LogP) is 2.45. The van der Waals surface area contributed by atoms with Gasteiger partial charge in [0.25, 0.3) is 0 Å². The van der Waals surface area contributed by atoms with Crippen LogP contribution in [0.4, 0.5) is 0 Å². The molecule has 15 heavy (non-hydrogen) atoms. The van der Waals surface area contributed by atoms with E-state index in [0.29, 0.717) is 13.2 Å². The molecule has 0 aromatic rings. The lowest BCUT2D eigenvalue weighted by Crippen LogP contribution is -2.48. The Morgan fingerprint density at radius 3 is 2.27 bits per heavy atom. The minimum atomic E-state index is -0.546. The van der Waals surface area contributed by atoms with Gasteiger partial charge in [-0.3, -0.25) is 4.79 Å². The Bertz CT molecular complexity index is 228. The molecular formula is C11H20O3S. The largest absolute Gasteiger partial charge is 0.349 e. The molecule has 4 heteroatoms. The van der Waals surface area contributed by atoms with Crippen LogP contribution >= 0.6 is 11.8 Å². The van der Waals surface area contributed by atoms with E-state index >= 15 is 0 Å². The standard InChI is InChI=1S/C11H20O3S/c1-5-6-15-9(12)11(4)7-13-10(2,3)14-8-11/h5-8H2,1-4H3. The first kappa shape index (κ1) is 13.0. The van der Waals surface area contributed by atoms with Crippen molar-refractivity contribution in [2.75, 3.05) is 19.0 Å². The zero-order valence-electron chi connectivity index (χ0n) is 9.96. The second kappa shape index (κ2) is 4.85. The van der Waals surface area contributed by atoms with E-state index in [1.54, 1.807) is 0 Å². The van der Waals surface area contributed by atoms with Crippen molar-refractivity contribution >= 4 is 16.9 Å². The van der Waals surface area contributed by atoms with Crippen LogP contribution in [0.25, 0.3) is 0 Å². The van der Waals surface area contributed by atoms with E-state index in [-0.39, 0.29) is 5.12 Å². The fraction of sp³-hybridized carbons (Fsp3) is 0.909. The van der Waals surface area contributed by atoms with E-state index in [1.807, 2.05) is 20.8 Å². The van der Waals surface area contributed by atoms with Crippen molar-refractivity contribution in [1.82, 2.24) is 0 Å². The van der Waals surface area contributed by atoms with Crippen LogP contribution in [0.3, 0.4) is 0 Å². The zero-order valence-corrected chi connectivity index (χ0v) is 10.8. The minimum absolute atomic E-state index is 0.180. The van der Waals surface area contributed by atoms with Gasteiger partial charge in [0.1, 0.15) is 0 Å². The van der Waals surface area contributed by atoms with Gasteiger partial charge >= 0.3 is 0 Å². The van der Waals surface area contributed by atoms with Crippen molar-refractivity contribution in [3.8, 4) is 0 Å². The van der Waals surface area contributed by atoms with Gasteiger partial charge in [0, 0.05) is 5.75 Å². The number of hydrogen-bond acceptors (Lipinski definition) is 4. The minimum Gasteiger partial charge on any atom is -0.349 e. The van der Waals surface area contributed by atoms with Crippen LogP contribution in [0.5, 0.6) is 0 Å². The molecule has 0 aromatic heterocycles. The van der Waals surface area contributed by atoms with Crippen LogP contribution in [-0.4, -0.2) is 29.9 Å². The van der Waals surface area contributed by atoms with Crippen LogP contribution in [0, 0.1) is 5.41 Å². The highest BCUT2D eigenvalue weighted by molar-refractivity contribution is 8.13. The van der Waals surface area contributed by atoms with Crippen molar-refractivity contribution in [3.63, 3.8) is 0 Å². The molecule has 0 bridgehead atoms. The first-order chi connectivity index (χ1) is 6.90. The third-order valence-electron chi connectivity index (χ3n) is 2.41. The monoisotopic (exact) mass is 232 g/mol. The molecule has 1 aliphatic heterocycles. The zero-order chi connectivity index (χ0) is 11.5. The first-order valence-corrected chi connectivity index (χ1v) is 6.33. The topological polar surface area (TPSA) is 35.5 Å². The lowest BCUT2D eigenvalue weighted by molar-refractivity contribution is -0.275. The summed E-state index contributed by atoms with van der Waals surface area (Å²) in [5.41, 5.74) is -0.477. The summed E-state index contributed by atoms with van der Waals surface area (Å²) in [6, 6.07) is 0. The Labute approximate surface area is 95.9 Å². The van der Waals surface area contributed by atoms with Crippen molar-refractivity contribution in [2.24, 2.45) is 5.41 Å². The molecule has 0 spiro atoms. The highest BCUT2D eigenvalue weighted by Gasteiger charge is 2.41. The summed E-state index contributed by atoms with van der Waals surface area (Å²) >= 11 is 1.38. The van der Waals surface area contributed by atoms with Gasteiger partial charge in [-0.1, -0.05) is 18.7 Å². The number of rotatable bonds is 3. The molecule has 0 unspecified atom stereocenters. The lowest BCUT2D eigenvalue weighted by atomic mass is 9.93. The van der Waals surface area contributed by atoms with E-state index < -0.39 is 11.2 Å². The molecule has 0 atom stereocenters. The summed E-state index contributed by atoms with van der Waals surface area (Å²) < 4.78 is 11.1. The summed E-state index contributed by atoms with van der Waals surface area (Å²) in [6.45, 7) is 8.63. The summed E-state index contributed by atoms with van der Waals surface area (Å²) in [5, 5.41) is 0.180. The van der Waals surface area contributed by atoms with Gasteiger partial charge < -0.3 is 9.47 Å². The van der Waals surface area contributed by atoms with Crippen LogP contribution in [0.15, 0.2) is 0 Å². The Kier molecular flexibility index (Phi) is 4.20. The van der Waals surface area contributed by atoms with Crippen LogP contribution in [0.1, 0.15) is 34.1 Å². The van der Waals surface area contributed by atoms with Gasteiger partial charge in [0.15, 0.2) is 10.9 Å². The van der Waals surface area contributed by atoms with E-state index in [9.17, 15) is 4.79 Å². The SMILES string of the molecule is CCCSC(=O)C1(C)COC(C)(C)OC1. The maximum Gasteiger partial charge on any atom is 0.199 e.